The molecule has 0 spiro atoms. The lowest BCUT2D eigenvalue weighted by Gasteiger charge is -2.41. The summed E-state index contributed by atoms with van der Waals surface area (Å²) in [5.41, 5.74) is 5.84. The molecule has 3 aromatic heterocycles. The summed E-state index contributed by atoms with van der Waals surface area (Å²) in [5.74, 6) is 1.06. The average Bonchev–Trinajstić information content (AvgIpc) is 3.32. The first-order chi connectivity index (χ1) is 14.8. The highest BCUT2D eigenvalue weighted by molar-refractivity contribution is 5.78. The van der Waals surface area contributed by atoms with Crippen molar-refractivity contribution in [3.8, 4) is 0 Å². The molecule has 9 heteroatoms. The number of alkyl halides is 2. The Morgan fingerprint density at radius 1 is 1.19 bits per heavy atom. The molecule has 31 heavy (non-hydrogen) atoms. The van der Waals surface area contributed by atoms with Crippen LogP contribution in [0, 0.1) is 26.7 Å². The van der Waals surface area contributed by atoms with Crippen molar-refractivity contribution >= 4 is 17.2 Å². The Morgan fingerprint density at radius 2 is 1.94 bits per heavy atom. The third-order valence-electron chi connectivity index (χ3n) is 6.48. The van der Waals surface area contributed by atoms with Gasteiger partial charge in [0.05, 0.1) is 6.54 Å². The van der Waals surface area contributed by atoms with Crippen molar-refractivity contribution in [2.45, 2.75) is 46.7 Å². The lowest BCUT2D eigenvalue weighted by Crippen LogP contribution is -2.48. The first-order valence-electron chi connectivity index (χ1n) is 10.4. The van der Waals surface area contributed by atoms with Gasteiger partial charge in [0.1, 0.15) is 11.5 Å². The van der Waals surface area contributed by atoms with Crippen molar-refractivity contribution in [1.29, 1.82) is 0 Å². The number of hydrogen-bond acceptors (Lipinski definition) is 5. The maximum absolute atomic E-state index is 13.0. The van der Waals surface area contributed by atoms with Crippen LogP contribution in [0.1, 0.15) is 46.7 Å². The number of aryl methyl sites for hydroxylation is 2. The fourth-order valence-corrected chi connectivity index (χ4v) is 4.62. The minimum absolute atomic E-state index is 0.121. The van der Waals surface area contributed by atoms with Crippen LogP contribution >= 0.6 is 0 Å². The van der Waals surface area contributed by atoms with Gasteiger partial charge in [0.2, 0.25) is 5.91 Å². The number of anilines is 1. The van der Waals surface area contributed by atoms with E-state index >= 15 is 0 Å². The predicted molar refractivity (Wildman–Crippen MR) is 111 cm³/mol. The van der Waals surface area contributed by atoms with Crippen LogP contribution in [0.3, 0.4) is 0 Å². The number of carbonyl (C=O) groups is 1. The van der Waals surface area contributed by atoms with Crippen molar-refractivity contribution in [3.05, 3.63) is 52.2 Å². The molecule has 2 aliphatic rings. The van der Waals surface area contributed by atoms with E-state index in [2.05, 4.69) is 22.0 Å². The summed E-state index contributed by atoms with van der Waals surface area (Å²) < 4.78 is 27.6. The van der Waals surface area contributed by atoms with Gasteiger partial charge < -0.3 is 9.80 Å². The summed E-state index contributed by atoms with van der Waals surface area (Å²) in [7, 11) is 0. The summed E-state index contributed by atoms with van der Waals surface area (Å²) in [4.78, 5) is 25.2. The second kappa shape index (κ2) is 7.25. The highest BCUT2D eigenvalue weighted by atomic mass is 19.3. The summed E-state index contributed by atoms with van der Waals surface area (Å²) in [6.07, 6.45) is -0.714. The van der Waals surface area contributed by atoms with E-state index in [1.165, 1.54) is 17.8 Å². The molecule has 0 radical (unpaired) electrons. The number of aromatic nitrogens is 4. The Morgan fingerprint density at radius 3 is 2.68 bits per heavy atom. The number of pyridine rings is 2. The van der Waals surface area contributed by atoms with E-state index in [9.17, 15) is 13.6 Å². The molecule has 7 nitrogen and oxygen atoms in total. The zero-order chi connectivity index (χ0) is 21.9. The molecule has 5 heterocycles. The molecule has 1 saturated heterocycles. The number of fused-ring (bicyclic) bond motifs is 3. The molecule has 2 aliphatic heterocycles. The van der Waals surface area contributed by atoms with Crippen molar-refractivity contribution in [2.24, 2.45) is 5.92 Å². The van der Waals surface area contributed by atoms with Crippen molar-refractivity contribution < 1.29 is 13.6 Å². The molecular formula is C22H24F2N6O. The summed E-state index contributed by atoms with van der Waals surface area (Å²) >= 11 is 0. The van der Waals surface area contributed by atoms with E-state index in [1.807, 2.05) is 28.2 Å². The Balaban J connectivity index is 1.25. The van der Waals surface area contributed by atoms with Crippen molar-refractivity contribution in [2.75, 3.05) is 18.0 Å². The standard InChI is InChI=1S/C22H24F2N6O/c1-12-13(2)30-22(26-14(3)27-30)18-11-29(10-17(12)18)20(31)6-15-8-28(9-15)16-4-5-25-19(7-16)21(23)24/h4-5,7,15,21H,6,8-11H2,1-3H3. The van der Waals surface area contributed by atoms with E-state index in [-0.39, 0.29) is 17.5 Å². The SMILES string of the molecule is Cc1nc2c3c(c(C)c(C)n2n1)CN(C(=O)CC1CN(c2ccnc(C(F)F)c2)C1)C3. The average molecular weight is 426 g/mol. The van der Waals surface area contributed by atoms with Crippen molar-refractivity contribution in [3.63, 3.8) is 0 Å². The normalized spacial score (nSPS) is 16.3. The summed E-state index contributed by atoms with van der Waals surface area (Å²) in [5, 5.41) is 4.49. The van der Waals surface area contributed by atoms with E-state index in [0.717, 1.165) is 34.0 Å². The highest BCUT2D eigenvalue weighted by Gasteiger charge is 2.34. The second-order valence-corrected chi connectivity index (χ2v) is 8.53. The number of carbonyl (C=O) groups excluding carboxylic acids is 1. The minimum Gasteiger partial charge on any atom is -0.371 e. The number of hydrogen-bond donors (Lipinski definition) is 0. The molecule has 0 saturated carbocycles. The Kier molecular flexibility index (Phi) is 4.64. The minimum atomic E-state index is -2.58. The van der Waals surface area contributed by atoms with E-state index in [1.54, 1.807) is 6.07 Å². The zero-order valence-electron chi connectivity index (χ0n) is 17.8. The van der Waals surface area contributed by atoms with Gasteiger partial charge in [-0.15, -0.1) is 0 Å². The van der Waals surface area contributed by atoms with Crippen LogP contribution in [0.15, 0.2) is 18.3 Å². The third-order valence-corrected chi connectivity index (χ3v) is 6.48. The van der Waals surface area contributed by atoms with Crippen LogP contribution in [0.2, 0.25) is 0 Å². The molecule has 1 amide bonds. The summed E-state index contributed by atoms with van der Waals surface area (Å²) in [6.45, 7) is 8.50. The Labute approximate surface area is 178 Å². The van der Waals surface area contributed by atoms with E-state index in [4.69, 9.17) is 0 Å². The Bertz CT molecular complexity index is 1180. The van der Waals surface area contributed by atoms with Crippen LogP contribution in [0.25, 0.3) is 5.65 Å². The molecule has 0 N–H and O–H groups in total. The summed E-state index contributed by atoms with van der Waals surface area (Å²) in [6, 6.07) is 3.16. The van der Waals surface area contributed by atoms with Crippen LogP contribution in [0.4, 0.5) is 14.5 Å². The molecular weight excluding hydrogens is 402 g/mol. The molecule has 0 aliphatic carbocycles. The first kappa shape index (κ1) is 19.8. The van der Waals surface area contributed by atoms with Gasteiger partial charge in [0.15, 0.2) is 5.65 Å². The van der Waals surface area contributed by atoms with Gasteiger partial charge in [-0.05, 0) is 44.0 Å². The molecule has 162 valence electrons. The highest BCUT2D eigenvalue weighted by Crippen LogP contribution is 2.33. The van der Waals surface area contributed by atoms with E-state index < -0.39 is 6.43 Å². The van der Waals surface area contributed by atoms with Gasteiger partial charge in [-0.1, -0.05) is 0 Å². The fourth-order valence-electron chi connectivity index (χ4n) is 4.62. The number of amides is 1. The molecule has 1 fully saturated rings. The topological polar surface area (TPSA) is 66.6 Å². The van der Waals surface area contributed by atoms with Gasteiger partial charge in [0, 0.05) is 55.1 Å². The zero-order valence-corrected chi connectivity index (χ0v) is 17.8. The number of nitrogens with zero attached hydrogens (tertiary/aromatic N) is 6. The van der Waals surface area contributed by atoms with Gasteiger partial charge in [-0.3, -0.25) is 9.78 Å². The number of halogens is 2. The largest absolute Gasteiger partial charge is 0.371 e. The van der Waals surface area contributed by atoms with Gasteiger partial charge in [-0.2, -0.15) is 5.10 Å². The van der Waals surface area contributed by atoms with Crippen LogP contribution in [-0.4, -0.2) is 43.5 Å². The predicted octanol–water partition coefficient (Wildman–Crippen LogP) is 3.36. The van der Waals surface area contributed by atoms with Gasteiger partial charge in [-0.25, -0.2) is 18.3 Å². The monoisotopic (exact) mass is 426 g/mol. The first-order valence-corrected chi connectivity index (χ1v) is 10.4. The van der Waals surface area contributed by atoms with E-state index in [0.29, 0.717) is 32.6 Å². The van der Waals surface area contributed by atoms with Gasteiger partial charge >= 0.3 is 0 Å². The fraction of sp³-hybridized carbons (Fsp3) is 0.455. The molecule has 5 rings (SSSR count). The van der Waals surface area contributed by atoms with Crippen LogP contribution in [0.5, 0.6) is 0 Å². The maximum Gasteiger partial charge on any atom is 0.280 e. The quantitative estimate of drug-likeness (QED) is 0.640. The lowest BCUT2D eigenvalue weighted by atomic mass is 9.95. The molecule has 3 aromatic rings. The van der Waals surface area contributed by atoms with Gasteiger partial charge in [0.25, 0.3) is 6.43 Å². The third kappa shape index (κ3) is 3.32. The number of rotatable bonds is 4. The molecule has 0 aromatic carbocycles. The van der Waals surface area contributed by atoms with Crippen molar-refractivity contribution in [1.82, 2.24) is 24.5 Å². The lowest BCUT2D eigenvalue weighted by molar-refractivity contribution is -0.133. The molecule has 0 atom stereocenters. The molecule has 0 bridgehead atoms. The van der Waals surface area contributed by atoms with Crippen LogP contribution < -0.4 is 4.90 Å². The smallest absolute Gasteiger partial charge is 0.280 e. The maximum atomic E-state index is 13.0. The molecule has 0 unspecified atom stereocenters. The van der Waals surface area contributed by atoms with Crippen LogP contribution in [-0.2, 0) is 17.9 Å². The second-order valence-electron chi connectivity index (χ2n) is 8.53. The Hall–Kier alpha value is -3.10.